The van der Waals surface area contributed by atoms with Crippen molar-refractivity contribution in [3.05, 3.63) is 101 Å². The Morgan fingerprint density at radius 1 is 0.562 bits per heavy atom. The first-order valence-corrected chi connectivity index (χ1v) is 9.37. The van der Waals surface area contributed by atoms with Gasteiger partial charge in [-0.25, -0.2) is 15.0 Å². The van der Waals surface area contributed by atoms with Crippen LogP contribution in [0.15, 0.2) is 88.8 Å². The molecule has 0 N–H and O–H groups in total. The summed E-state index contributed by atoms with van der Waals surface area (Å²) >= 11 is 0. The van der Waals surface area contributed by atoms with Crippen LogP contribution in [0.3, 0.4) is 0 Å². The van der Waals surface area contributed by atoms with E-state index in [0.29, 0.717) is 36.3 Å². The van der Waals surface area contributed by atoms with Gasteiger partial charge >= 0.3 is 18.6 Å². The van der Waals surface area contributed by atoms with E-state index in [2.05, 4.69) is 39.2 Å². The Balaban J connectivity index is 0.00000128. The van der Waals surface area contributed by atoms with Crippen LogP contribution in [0.5, 0.6) is 0 Å². The zero-order valence-electron chi connectivity index (χ0n) is 16.8. The van der Waals surface area contributed by atoms with Gasteiger partial charge in [-0.3, -0.25) is 0 Å². The maximum absolute atomic E-state index is 6.05. The van der Waals surface area contributed by atoms with Crippen LogP contribution in [0, 0.1) is 0 Å². The number of rotatable bonds is 4. The summed E-state index contributed by atoms with van der Waals surface area (Å²) < 4.78 is 12.1. The summed E-state index contributed by atoms with van der Waals surface area (Å²) in [4.78, 5) is 13.8. The number of nitrogens with zero attached hydrogens (tertiary/aromatic N) is 3. The van der Waals surface area contributed by atoms with E-state index >= 15 is 0 Å². The Hall–Kier alpha value is -2.02. The molecule has 2 aliphatic heterocycles. The largest absolute Gasteiger partial charge is 3.00 e. The van der Waals surface area contributed by atoms with Crippen LogP contribution < -0.4 is 37.2 Å². The molecule has 164 valence electrons. The second kappa shape index (κ2) is 12.9. The molecule has 0 radical (unpaired) electrons. The van der Waals surface area contributed by atoms with Gasteiger partial charge < -0.3 is 46.7 Å². The van der Waals surface area contributed by atoms with E-state index in [1.165, 1.54) is 0 Å². The van der Waals surface area contributed by atoms with E-state index < -0.39 is 0 Å². The zero-order valence-corrected chi connectivity index (χ0v) is 20.5. The van der Waals surface area contributed by atoms with Crippen LogP contribution >= 0.6 is 0 Å². The van der Waals surface area contributed by atoms with Crippen molar-refractivity contribution in [2.24, 2.45) is 9.98 Å². The zero-order chi connectivity index (χ0) is 18.8. The molecule has 0 amide bonds. The van der Waals surface area contributed by atoms with E-state index in [4.69, 9.17) is 9.47 Å². The molecule has 9 heteroatoms. The van der Waals surface area contributed by atoms with Gasteiger partial charge in [0.1, 0.15) is 23.6 Å². The van der Waals surface area contributed by atoms with Gasteiger partial charge in [0.25, 0.3) is 0 Å². The Labute approximate surface area is 217 Å². The number of hydrogen-bond acceptors (Lipinski definition) is 5. The maximum Gasteiger partial charge on any atom is 3.00 e. The third kappa shape index (κ3) is 6.06. The van der Waals surface area contributed by atoms with E-state index in [1.54, 1.807) is 0 Å². The topological polar surface area (TPSA) is 56.1 Å². The molecule has 1 aromatic heterocycles. The smallest absolute Gasteiger partial charge is 1.00 e. The summed E-state index contributed by atoms with van der Waals surface area (Å²) in [6, 6.07) is 26.0. The van der Waals surface area contributed by atoms with Gasteiger partial charge in [0.2, 0.25) is 11.8 Å². The number of benzene rings is 2. The van der Waals surface area contributed by atoms with E-state index in [-0.39, 0.29) is 68.0 Å². The predicted octanol–water partition coefficient (Wildman–Crippen LogP) is -4.87. The van der Waals surface area contributed by atoms with Crippen molar-refractivity contribution in [3.63, 3.8) is 0 Å². The molecule has 5 rings (SSSR count). The van der Waals surface area contributed by atoms with E-state index in [1.807, 2.05) is 54.6 Å². The molecular weight excluding hydrogens is 508 g/mol. The molecule has 0 fully saturated rings. The van der Waals surface area contributed by atoms with Crippen LogP contribution in [0.1, 0.15) is 34.7 Å². The van der Waals surface area contributed by atoms with Gasteiger partial charge in [0.15, 0.2) is 0 Å². The van der Waals surface area contributed by atoms with Crippen molar-refractivity contribution in [1.29, 1.82) is 0 Å². The second-order valence-corrected chi connectivity index (χ2v) is 6.73. The molecule has 0 bridgehead atoms. The molecule has 2 aromatic carbocycles. The van der Waals surface area contributed by atoms with Crippen molar-refractivity contribution < 1.29 is 65.3 Å². The SMILES string of the molecule is [Cl-].[Cl-].[Cl-].[V+3].c1ccc(C2CN=C(c3cccc(C4=NCC(c5ccccc5)O4)n3)O2)cc1. The van der Waals surface area contributed by atoms with Crippen LogP contribution in [0.4, 0.5) is 0 Å². The van der Waals surface area contributed by atoms with Gasteiger partial charge in [-0.15, -0.1) is 0 Å². The van der Waals surface area contributed by atoms with Gasteiger partial charge in [0, 0.05) is 0 Å². The van der Waals surface area contributed by atoms with Crippen LogP contribution in [-0.4, -0.2) is 29.9 Å². The van der Waals surface area contributed by atoms with Crippen LogP contribution in [0.2, 0.25) is 0 Å². The number of pyridine rings is 1. The molecule has 0 saturated carbocycles. The number of ether oxygens (including phenoxy) is 2. The number of hydrogen-bond donors (Lipinski definition) is 0. The summed E-state index contributed by atoms with van der Waals surface area (Å²) in [5.41, 5.74) is 3.63. The molecule has 0 spiro atoms. The standard InChI is InChI=1S/C23H19N3O2.3ClH.V/c1-3-8-16(9-4-1)20-14-24-22(27-20)18-12-7-13-19(26-18)23-25-15-21(28-23)17-10-5-2-6-11-17;;;;/h1-13,20-21H,14-15H2;3*1H;/q;;;;+3/p-3. The van der Waals surface area contributed by atoms with Gasteiger partial charge in [0.05, 0.1) is 13.1 Å². The average molecular weight is 527 g/mol. The molecule has 2 unspecified atom stereocenters. The minimum absolute atomic E-state index is 0. The summed E-state index contributed by atoms with van der Waals surface area (Å²) in [6.45, 7) is 1.19. The van der Waals surface area contributed by atoms with Crippen LogP contribution in [-0.2, 0) is 28.0 Å². The minimum Gasteiger partial charge on any atom is -1.00 e. The molecule has 2 aliphatic rings. The summed E-state index contributed by atoms with van der Waals surface area (Å²) in [5, 5.41) is 0. The molecule has 2 atom stereocenters. The quantitative estimate of drug-likeness (QED) is 0.343. The Morgan fingerprint density at radius 2 is 0.969 bits per heavy atom. The Kier molecular flexibility index (Phi) is 11.3. The fourth-order valence-electron chi connectivity index (χ4n) is 3.39. The van der Waals surface area contributed by atoms with Crippen molar-refractivity contribution in [2.45, 2.75) is 12.2 Å². The van der Waals surface area contributed by atoms with E-state index in [9.17, 15) is 0 Å². The molecule has 32 heavy (non-hydrogen) atoms. The van der Waals surface area contributed by atoms with Gasteiger partial charge in [-0.05, 0) is 23.3 Å². The normalized spacial score (nSPS) is 18.2. The molecule has 0 aliphatic carbocycles. The minimum atomic E-state index is -0.0656. The Bertz CT molecular complexity index is 972. The van der Waals surface area contributed by atoms with Crippen molar-refractivity contribution in [2.75, 3.05) is 13.1 Å². The molecular formula is C23H19Cl3N3O2V. The molecule has 3 heterocycles. The Morgan fingerprint density at radius 3 is 1.38 bits per heavy atom. The average Bonchev–Trinajstić information content (AvgIpc) is 3.46. The second-order valence-electron chi connectivity index (χ2n) is 6.73. The van der Waals surface area contributed by atoms with Gasteiger partial charge in [-0.2, -0.15) is 0 Å². The van der Waals surface area contributed by atoms with Crippen molar-refractivity contribution >= 4 is 11.8 Å². The first-order valence-electron chi connectivity index (χ1n) is 9.37. The predicted molar refractivity (Wildman–Crippen MR) is 108 cm³/mol. The van der Waals surface area contributed by atoms with Crippen molar-refractivity contribution in [1.82, 2.24) is 4.98 Å². The van der Waals surface area contributed by atoms with Crippen molar-refractivity contribution in [3.8, 4) is 0 Å². The van der Waals surface area contributed by atoms with Gasteiger partial charge in [-0.1, -0.05) is 66.7 Å². The first-order chi connectivity index (χ1) is 13.9. The third-order valence-electron chi connectivity index (χ3n) is 4.84. The summed E-state index contributed by atoms with van der Waals surface area (Å²) in [6.07, 6.45) is -0.131. The number of aromatic nitrogens is 1. The van der Waals surface area contributed by atoms with Crippen LogP contribution in [0.25, 0.3) is 0 Å². The number of halogens is 3. The fourth-order valence-corrected chi connectivity index (χ4v) is 3.39. The monoisotopic (exact) mass is 525 g/mol. The molecule has 5 nitrogen and oxygen atoms in total. The first kappa shape index (κ1) is 28.0. The summed E-state index contributed by atoms with van der Waals surface area (Å²) in [7, 11) is 0. The molecule has 3 aromatic rings. The maximum atomic E-state index is 6.05. The molecule has 0 saturated heterocycles. The fraction of sp³-hybridized carbons (Fsp3) is 0.174. The summed E-state index contributed by atoms with van der Waals surface area (Å²) in [5.74, 6) is 1.13. The van der Waals surface area contributed by atoms with E-state index in [0.717, 1.165) is 11.1 Å². The third-order valence-corrected chi connectivity index (χ3v) is 4.84. The number of aliphatic imine (C=N–C) groups is 2.